The van der Waals surface area contributed by atoms with Crippen molar-refractivity contribution in [1.82, 2.24) is 10.2 Å². The number of para-hydroxylation sites is 1. The van der Waals surface area contributed by atoms with Crippen LogP contribution in [0, 0.1) is 5.82 Å². The van der Waals surface area contributed by atoms with E-state index in [4.69, 9.17) is 0 Å². The van der Waals surface area contributed by atoms with Gasteiger partial charge in [0.2, 0.25) is 5.91 Å². The summed E-state index contributed by atoms with van der Waals surface area (Å²) < 4.78 is 13.4. The number of benzene rings is 1. The lowest BCUT2D eigenvalue weighted by Crippen LogP contribution is -2.50. The van der Waals surface area contributed by atoms with Crippen molar-refractivity contribution in [3.8, 4) is 0 Å². The molecule has 1 amide bonds. The zero-order valence-electron chi connectivity index (χ0n) is 12.8. The lowest BCUT2D eigenvalue weighted by Gasteiger charge is -2.36. The minimum Gasteiger partial charge on any atom is -0.322 e. The highest BCUT2D eigenvalue weighted by Crippen LogP contribution is 2.32. The van der Waals surface area contributed by atoms with Gasteiger partial charge in [0.1, 0.15) is 5.82 Å². The van der Waals surface area contributed by atoms with E-state index in [9.17, 15) is 9.18 Å². The average Bonchev–Trinajstić information content (AvgIpc) is 2.91. The fourth-order valence-electron chi connectivity index (χ4n) is 2.98. The quantitative estimate of drug-likeness (QED) is 0.845. The van der Waals surface area contributed by atoms with Gasteiger partial charge in [-0.1, -0.05) is 25.0 Å². The number of halogens is 1. The number of carbonyl (C=O) groups excluding carboxylic acids is 1. The Kier molecular flexibility index (Phi) is 5.31. The number of nitrogens with one attached hydrogen (secondary N) is 2. The third-order valence-electron chi connectivity index (χ3n) is 4.37. The van der Waals surface area contributed by atoms with Crippen LogP contribution in [0.5, 0.6) is 0 Å². The molecule has 0 aromatic heterocycles. The van der Waals surface area contributed by atoms with Crippen molar-refractivity contribution >= 4 is 11.6 Å². The molecule has 0 saturated heterocycles. The molecule has 2 N–H and O–H groups in total. The van der Waals surface area contributed by atoms with E-state index in [1.807, 2.05) is 0 Å². The molecular weight excluding hydrogens is 269 g/mol. The van der Waals surface area contributed by atoms with Crippen LogP contribution < -0.4 is 10.6 Å². The Labute approximate surface area is 125 Å². The van der Waals surface area contributed by atoms with E-state index in [0.717, 1.165) is 19.4 Å². The van der Waals surface area contributed by atoms with Crippen molar-refractivity contribution in [1.29, 1.82) is 0 Å². The van der Waals surface area contributed by atoms with E-state index < -0.39 is 5.82 Å². The van der Waals surface area contributed by atoms with Gasteiger partial charge in [-0.15, -0.1) is 0 Å². The molecular formula is C16H24FN3O. The van der Waals surface area contributed by atoms with Gasteiger partial charge in [0.25, 0.3) is 0 Å². The summed E-state index contributed by atoms with van der Waals surface area (Å²) in [6, 6.07) is 6.20. The zero-order chi connectivity index (χ0) is 15.3. The summed E-state index contributed by atoms with van der Waals surface area (Å²) in [7, 11) is 4.18. The Hall–Kier alpha value is -1.46. The van der Waals surface area contributed by atoms with Crippen molar-refractivity contribution < 1.29 is 9.18 Å². The standard InChI is InChI=1S/C16H24FN3O/c1-20(2)16(9-5-6-10-16)12-18-11-15(21)19-14-8-4-3-7-13(14)17/h3-4,7-8,18H,5-6,9-12H2,1-2H3,(H,19,21). The van der Waals surface area contributed by atoms with Crippen LogP contribution in [0.3, 0.4) is 0 Å². The van der Waals surface area contributed by atoms with Crippen LogP contribution in [0.25, 0.3) is 0 Å². The fraction of sp³-hybridized carbons (Fsp3) is 0.562. The number of hydrogen-bond acceptors (Lipinski definition) is 3. The van der Waals surface area contributed by atoms with Crippen LogP contribution >= 0.6 is 0 Å². The molecule has 0 bridgehead atoms. The first-order chi connectivity index (χ1) is 10.0. The van der Waals surface area contributed by atoms with Crippen LogP contribution in [0.4, 0.5) is 10.1 Å². The molecule has 0 spiro atoms. The molecule has 2 rings (SSSR count). The molecule has 116 valence electrons. The highest BCUT2D eigenvalue weighted by Gasteiger charge is 2.35. The number of amides is 1. The second-order valence-electron chi connectivity index (χ2n) is 5.96. The Balaban J connectivity index is 1.80. The molecule has 5 heteroatoms. The van der Waals surface area contributed by atoms with E-state index in [-0.39, 0.29) is 23.7 Å². The number of anilines is 1. The minimum atomic E-state index is -0.411. The molecule has 1 aliphatic rings. The molecule has 1 aliphatic carbocycles. The Morgan fingerprint density at radius 1 is 1.29 bits per heavy atom. The third kappa shape index (κ3) is 4.02. The van der Waals surface area contributed by atoms with E-state index in [2.05, 4.69) is 29.6 Å². The maximum absolute atomic E-state index is 13.4. The number of likely N-dealkylation sites (N-methyl/N-ethyl adjacent to an activating group) is 1. The van der Waals surface area contributed by atoms with Crippen LogP contribution in [0.2, 0.25) is 0 Å². The number of carbonyl (C=O) groups is 1. The maximum Gasteiger partial charge on any atom is 0.238 e. The summed E-state index contributed by atoms with van der Waals surface area (Å²) in [6.07, 6.45) is 4.78. The zero-order valence-corrected chi connectivity index (χ0v) is 12.8. The van der Waals surface area contributed by atoms with Gasteiger partial charge >= 0.3 is 0 Å². The van der Waals surface area contributed by atoms with E-state index >= 15 is 0 Å². The molecule has 1 aromatic rings. The minimum absolute atomic E-state index is 0.151. The van der Waals surface area contributed by atoms with Gasteiger partial charge in [0.15, 0.2) is 0 Å². The largest absolute Gasteiger partial charge is 0.322 e. The predicted octanol–water partition coefficient (Wildman–Crippen LogP) is 2.23. The van der Waals surface area contributed by atoms with Gasteiger partial charge in [0, 0.05) is 12.1 Å². The maximum atomic E-state index is 13.4. The first-order valence-electron chi connectivity index (χ1n) is 7.46. The first-order valence-corrected chi connectivity index (χ1v) is 7.46. The molecule has 4 nitrogen and oxygen atoms in total. The Bertz CT molecular complexity index is 484. The third-order valence-corrected chi connectivity index (χ3v) is 4.37. The van der Waals surface area contributed by atoms with Crippen molar-refractivity contribution in [2.24, 2.45) is 0 Å². The summed E-state index contributed by atoms with van der Waals surface area (Å²) in [6.45, 7) is 0.981. The smallest absolute Gasteiger partial charge is 0.238 e. The van der Waals surface area contributed by atoms with Gasteiger partial charge < -0.3 is 15.5 Å². The molecule has 0 radical (unpaired) electrons. The molecule has 1 aromatic carbocycles. The Morgan fingerprint density at radius 3 is 2.57 bits per heavy atom. The lowest BCUT2D eigenvalue weighted by molar-refractivity contribution is -0.115. The molecule has 21 heavy (non-hydrogen) atoms. The normalized spacial score (nSPS) is 17.1. The molecule has 0 heterocycles. The van der Waals surface area contributed by atoms with Gasteiger partial charge in [-0.3, -0.25) is 4.79 Å². The van der Waals surface area contributed by atoms with Crippen LogP contribution in [-0.4, -0.2) is 43.5 Å². The molecule has 0 atom stereocenters. The summed E-state index contributed by atoms with van der Waals surface area (Å²) >= 11 is 0. The summed E-state index contributed by atoms with van der Waals surface area (Å²) in [5.74, 6) is -0.626. The van der Waals surface area contributed by atoms with Crippen LogP contribution in [-0.2, 0) is 4.79 Å². The Morgan fingerprint density at radius 2 is 1.95 bits per heavy atom. The molecule has 1 saturated carbocycles. The predicted molar refractivity (Wildman–Crippen MR) is 82.8 cm³/mol. The highest BCUT2D eigenvalue weighted by atomic mass is 19.1. The summed E-state index contributed by atoms with van der Waals surface area (Å²) in [4.78, 5) is 14.1. The van der Waals surface area contributed by atoms with Gasteiger partial charge in [-0.25, -0.2) is 4.39 Å². The summed E-state index contributed by atoms with van der Waals surface area (Å²) in [5.41, 5.74) is 0.380. The number of rotatable bonds is 6. The van der Waals surface area contributed by atoms with Crippen molar-refractivity contribution in [2.45, 2.75) is 31.2 Å². The average molecular weight is 293 g/mol. The first kappa shape index (κ1) is 15.9. The van der Waals surface area contributed by atoms with E-state index in [1.165, 1.54) is 18.9 Å². The van der Waals surface area contributed by atoms with Crippen LogP contribution in [0.15, 0.2) is 24.3 Å². The molecule has 0 unspecified atom stereocenters. The van der Waals surface area contributed by atoms with Crippen molar-refractivity contribution in [3.63, 3.8) is 0 Å². The highest BCUT2D eigenvalue weighted by molar-refractivity contribution is 5.92. The second kappa shape index (κ2) is 7.00. The molecule has 0 aliphatic heterocycles. The van der Waals surface area contributed by atoms with Crippen LogP contribution in [0.1, 0.15) is 25.7 Å². The van der Waals surface area contributed by atoms with E-state index in [1.54, 1.807) is 18.2 Å². The monoisotopic (exact) mass is 293 g/mol. The topological polar surface area (TPSA) is 44.4 Å². The lowest BCUT2D eigenvalue weighted by atomic mass is 9.96. The SMILES string of the molecule is CN(C)C1(CNCC(=O)Nc2ccccc2F)CCCC1. The van der Waals surface area contributed by atoms with Crippen molar-refractivity contribution in [2.75, 3.05) is 32.5 Å². The molecule has 1 fully saturated rings. The van der Waals surface area contributed by atoms with Gasteiger partial charge in [0.05, 0.1) is 12.2 Å². The number of nitrogens with zero attached hydrogens (tertiary/aromatic N) is 1. The van der Waals surface area contributed by atoms with Gasteiger partial charge in [-0.2, -0.15) is 0 Å². The fourth-order valence-corrected chi connectivity index (χ4v) is 2.98. The number of hydrogen-bond donors (Lipinski definition) is 2. The van der Waals surface area contributed by atoms with Gasteiger partial charge in [-0.05, 0) is 39.1 Å². The second-order valence-corrected chi connectivity index (χ2v) is 5.96. The van der Waals surface area contributed by atoms with Crippen molar-refractivity contribution in [3.05, 3.63) is 30.1 Å². The van der Waals surface area contributed by atoms with E-state index in [0.29, 0.717) is 0 Å². The summed E-state index contributed by atoms with van der Waals surface area (Å²) in [5, 5.41) is 5.80.